The molecule has 3 aliphatic rings. The Hall–Kier alpha value is -4.14. The second-order valence-electron chi connectivity index (χ2n) is 9.34. The molecule has 1 atom stereocenters. The first-order valence-electron chi connectivity index (χ1n) is 12.4. The number of benzene rings is 2. The van der Waals surface area contributed by atoms with Gasteiger partial charge in [0, 0.05) is 49.4 Å². The molecule has 37 heavy (non-hydrogen) atoms. The number of aliphatic hydroxyl groups excluding tert-OH is 1. The van der Waals surface area contributed by atoms with Crippen molar-refractivity contribution < 1.29 is 9.90 Å². The predicted octanol–water partition coefficient (Wildman–Crippen LogP) is 3.20. The van der Waals surface area contributed by atoms with E-state index in [9.17, 15) is 9.90 Å². The number of carbonyl (C=O) groups excluding carboxylic acids is 1. The molecule has 0 aromatic heterocycles. The summed E-state index contributed by atoms with van der Waals surface area (Å²) in [5, 5.41) is 19.6. The maximum atomic E-state index is 11.8. The number of guanidine groups is 1. The summed E-state index contributed by atoms with van der Waals surface area (Å²) >= 11 is 0. The van der Waals surface area contributed by atoms with Crippen LogP contribution in [0.4, 0.5) is 17.1 Å². The molecule has 8 heteroatoms. The van der Waals surface area contributed by atoms with Crippen LogP contribution in [0.1, 0.15) is 5.56 Å². The maximum absolute atomic E-state index is 11.8. The van der Waals surface area contributed by atoms with Crippen LogP contribution < -0.4 is 20.9 Å². The topological polar surface area (TPSA) is 92.2 Å². The number of rotatable bonds is 6. The number of anilines is 3. The van der Waals surface area contributed by atoms with Gasteiger partial charge in [0.25, 0.3) is 0 Å². The summed E-state index contributed by atoms with van der Waals surface area (Å²) in [4.78, 5) is 21.5. The number of likely N-dealkylation sites (N-methyl/N-ethyl adjacent to an activating group) is 1. The number of hydrogen-bond donors (Lipinski definition) is 4. The minimum Gasteiger partial charge on any atom is -0.392 e. The van der Waals surface area contributed by atoms with Crippen LogP contribution in [0.15, 0.2) is 95.7 Å². The molecule has 1 saturated heterocycles. The molecule has 1 fully saturated rings. The Morgan fingerprint density at radius 2 is 1.92 bits per heavy atom. The van der Waals surface area contributed by atoms with Crippen molar-refractivity contribution in [1.82, 2.24) is 10.2 Å². The molecule has 0 bridgehead atoms. The van der Waals surface area contributed by atoms with Crippen molar-refractivity contribution in [1.29, 1.82) is 0 Å². The fourth-order valence-corrected chi connectivity index (χ4v) is 4.77. The van der Waals surface area contributed by atoms with Gasteiger partial charge in [-0.05, 0) is 71.8 Å². The zero-order chi connectivity index (χ0) is 25.8. The average Bonchev–Trinajstić information content (AvgIpc) is 2.93. The van der Waals surface area contributed by atoms with Gasteiger partial charge in [-0.1, -0.05) is 30.9 Å². The van der Waals surface area contributed by atoms with E-state index in [4.69, 9.17) is 4.99 Å². The Morgan fingerprint density at radius 1 is 1.14 bits per heavy atom. The number of aliphatic imine (C=N–C) groups is 1. The highest BCUT2D eigenvalue weighted by atomic mass is 16.3. The summed E-state index contributed by atoms with van der Waals surface area (Å²) in [6.45, 7) is 7.60. The van der Waals surface area contributed by atoms with Gasteiger partial charge in [0.1, 0.15) is 6.04 Å². The van der Waals surface area contributed by atoms with Crippen molar-refractivity contribution in [3.05, 3.63) is 96.2 Å². The van der Waals surface area contributed by atoms with Crippen LogP contribution in [0.2, 0.25) is 0 Å². The summed E-state index contributed by atoms with van der Waals surface area (Å²) < 4.78 is 0. The molecule has 2 heterocycles. The van der Waals surface area contributed by atoms with Crippen LogP contribution in [0.5, 0.6) is 0 Å². The van der Waals surface area contributed by atoms with E-state index in [1.54, 1.807) is 0 Å². The molecule has 4 N–H and O–H groups in total. The molecule has 2 aliphatic heterocycles. The van der Waals surface area contributed by atoms with E-state index in [0.717, 1.165) is 54.1 Å². The van der Waals surface area contributed by atoms with Crippen LogP contribution in [-0.4, -0.2) is 67.7 Å². The summed E-state index contributed by atoms with van der Waals surface area (Å²) in [5.41, 5.74) is 6.38. The van der Waals surface area contributed by atoms with Gasteiger partial charge in [-0.2, -0.15) is 0 Å². The number of amides is 1. The molecule has 2 aromatic rings. The molecular formula is C29H32N6O2. The van der Waals surface area contributed by atoms with Crippen LogP contribution in [-0.2, 0) is 4.79 Å². The second kappa shape index (κ2) is 10.9. The number of fused-ring (bicyclic) bond motifs is 1. The number of nitrogens with one attached hydrogen (secondary N) is 3. The minimum absolute atomic E-state index is 0.113. The van der Waals surface area contributed by atoms with Gasteiger partial charge in [-0.3, -0.25) is 4.79 Å². The third-order valence-electron chi connectivity index (χ3n) is 6.84. The Balaban J connectivity index is 1.37. The van der Waals surface area contributed by atoms with Gasteiger partial charge < -0.3 is 30.9 Å². The average molecular weight is 497 g/mol. The highest BCUT2D eigenvalue weighted by Gasteiger charge is 2.28. The van der Waals surface area contributed by atoms with Crippen molar-refractivity contribution in [3.63, 3.8) is 0 Å². The number of aliphatic hydroxyl groups is 1. The number of piperazine rings is 1. The van der Waals surface area contributed by atoms with Gasteiger partial charge >= 0.3 is 0 Å². The summed E-state index contributed by atoms with van der Waals surface area (Å²) in [5.74, 6) is 0.352. The molecule has 8 nitrogen and oxygen atoms in total. The molecule has 2 aromatic carbocycles. The molecule has 0 saturated carbocycles. The molecule has 0 radical (unpaired) electrons. The fourth-order valence-electron chi connectivity index (χ4n) is 4.77. The summed E-state index contributed by atoms with van der Waals surface area (Å²) in [6.07, 6.45) is 7.06. The first-order valence-corrected chi connectivity index (χ1v) is 12.4. The van der Waals surface area contributed by atoms with Crippen LogP contribution in [0.3, 0.4) is 0 Å². The van der Waals surface area contributed by atoms with E-state index >= 15 is 0 Å². The molecule has 0 spiro atoms. The largest absolute Gasteiger partial charge is 0.392 e. The van der Waals surface area contributed by atoms with E-state index in [-0.39, 0.29) is 18.6 Å². The first-order chi connectivity index (χ1) is 18.0. The number of carbonyl (C=O) groups is 1. The van der Waals surface area contributed by atoms with Crippen molar-refractivity contribution in [2.45, 2.75) is 6.04 Å². The van der Waals surface area contributed by atoms with E-state index in [0.29, 0.717) is 11.6 Å². The Kier molecular flexibility index (Phi) is 7.20. The third-order valence-corrected chi connectivity index (χ3v) is 6.84. The monoisotopic (exact) mass is 496 g/mol. The maximum Gasteiger partial charge on any atom is 0.247 e. The molecule has 1 aliphatic carbocycles. The second-order valence-corrected chi connectivity index (χ2v) is 9.34. The standard InChI is InChI=1S/C29H32N6O2/c1-3-26(37)31-24-6-4-5-20(17-24)27-22(19-36)8-7-21-18-30-29(33-28(21)27)32-23-9-11-25(12-10-23)35-15-13-34(2)14-16-35/h3-12,17-18,28,36H,1,13-16,19H2,2H3,(H,31,37)(H2,30,32,33). The third kappa shape index (κ3) is 5.50. The van der Waals surface area contributed by atoms with Crippen LogP contribution >= 0.6 is 0 Å². The SMILES string of the molecule is C=CC(=O)Nc1cccc(C2=C(CO)C=CC3=CNC(Nc4ccc(N5CCN(C)CC5)cc4)=NC32)c1. The van der Waals surface area contributed by atoms with Gasteiger partial charge in [-0.25, -0.2) is 4.99 Å². The smallest absolute Gasteiger partial charge is 0.247 e. The number of hydrogen-bond acceptors (Lipinski definition) is 7. The molecular weight excluding hydrogens is 464 g/mol. The Labute approximate surface area is 217 Å². The van der Waals surface area contributed by atoms with E-state index in [1.165, 1.54) is 11.8 Å². The number of nitrogens with zero attached hydrogens (tertiary/aromatic N) is 3. The lowest BCUT2D eigenvalue weighted by molar-refractivity contribution is -0.111. The van der Waals surface area contributed by atoms with Crippen molar-refractivity contribution in [3.8, 4) is 0 Å². The first kappa shape index (κ1) is 24.5. The van der Waals surface area contributed by atoms with Crippen molar-refractivity contribution in [2.24, 2.45) is 4.99 Å². The van der Waals surface area contributed by atoms with Crippen molar-refractivity contribution >= 4 is 34.5 Å². The van der Waals surface area contributed by atoms with Crippen molar-refractivity contribution in [2.75, 3.05) is 55.4 Å². The van der Waals surface area contributed by atoms with Gasteiger partial charge in [0.2, 0.25) is 11.9 Å². The lowest BCUT2D eigenvalue weighted by Gasteiger charge is -2.34. The fraction of sp³-hybridized carbons (Fsp3) is 0.241. The van der Waals surface area contributed by atoms with E-state index < -0.39 is 0 Å². The van der Waals surface area contributed by atoms with Gasteiger partial charge in [-0.15, -0.1) is 0 Å². The quantitative estimate of drug-likeness (QED) is 0.459. The molecule has 1 amide bonds. The summed E-state index contributed by atoms with van der Waals surface area (Å²) in [7, 11) is 2.16. The molecule has 5 rings (SSSR count). The highest BCUT2D eigenvalue weighted by molar-refractivity contribution is 6.00. The minimum atomic E-state index is -0.300. The van der Waals surface area contributed by atoms with Crippen LogP contribution in [0, 0.1) is 0 Å². The van der Waals surface area contributed by atoms with Crippen LogP contribution in [0.25, 0.3) is 5.57 Å². The predicted molar refractivity (Wildman–Crippen MR) is 151 cm³/mol. The van der Waals surface area contributed by atoms with Gasteiger partial charge in [0.15, 0.2) is 0 Å². The normalized spacial score (nSPS) is 19.4. The summed E-state index contributed by atoms with van der Waals surface area (Å²) in [6, 6.07) is 15.7. The van der Waals surface area contributed by atoms with E-state index in [2.05, 4.69) is 63.6 Å². The lowest BCUT2D eigenvalue weighted by Crippen LogP contribution is -2.44. The van der Waals surface area contributed by atoms with E-state index in [1.807, 2.05) is 42.6 Å². The molecule has 190 valence electrons. The zero-order valence-electron chi connectivity index (χ0n) is 20.9. The Morgan fingerprint density at radius 3 is 2.65 bits per heavy atom. The highest BCUT2D eigenvalue weighted by Crippen LogP contribution is 2.36. The zero-order valence-corrected chi connectivity index (χ0v) is 20.9. The lowest BCUT2D eigenvalue weighted by atomic mass is 9.84. The Bertz CT molecular complexity index is 1300. The van der Waals surface area contributed by atoms with Gasteiger partial charge in [0.05, 0.1) is 6.61 Å². The molecule has 1 unspecified atom stereocenters.